The highest BCUT2D eigenvalue weighted by atomic mass is 16.2. The van der Waals surface area contributed by atoms with Gasteiger partial charge in [-0.25, -0.2) is 4.68 Å². The van der Waals surface area contributed by atoms with Gasteiger partial charge in [0.2, 0.25) is 5.91 Å². The van der Waals surface area contributed by atoms with E-state index in [4.69, 9.17) is 0 Å². The van der Waals surface area contributed by atoms with Gasteiger partial charge >= 0.3 is 0 Å². The molecule has 0 spiro atoms. The molecule has 0 aliphatic carbocycles. The largest absolute Gasteiger partial charge is 0.355 e. The van der Waals surface area contributed by atoms with Gasteiger partial charge in [-0.1, -0.05) is 12.1 Å². The molecular formula is C13H18N4O. The van der Waals surface area contributed by atoms with E-state index in [1.807, 2.05) is 32.9 Å². The number of hydrogen-bond donors (Lipinski definition) is 1. The summed E-state index contributed by atoms with van der Waals surface area (Å²) in [5.74, 6) is -0.0260. The van der Waals surface area contributed by atoms with E-state index in [2.05, 4.69) is 15.6 Å². The number of nitrogens with zero attached hydrogens (tertiary/aromatic N) is 3. The SMILES string of the molecule is CCCNC(=O)Cn1nnc2cc(C)c(C)cc21. The highest BCUT2D eigenvalue weighted by Crippen LogP contribution is 2.16. The first-order valence-corrected chi connectivity index (χ1v) is 6.19. The van der Waals surface area contributed by atoms with Crippen LogP contribution in [0.1, 0.15) is 24.5 Å². The molecule has 5 nitrogen and oxygen atoms in total. The monoisotopic (exact) mass is 246 g/mol. The minimum absolute atomic E-state index is 0.0260. The van der Waals surface area contributed by atoms with Gasteiger partial charge in [-0.15, -0.1) is 5.10 Å². The number of benzene rings is 1. The van der Waals surface area contributed by atoms with Crippen LogP contribution in [0.3, 0.4) is 0 Å². The maximum atomic E-state index is 11.7. The summed E-state index contributed by atoms with van der Waals surface area (Å²) in [7, 11) is 0. The van der Waals surface area contributed by atoms with Crippen molar-refractivity contribution in [2.24, 2.45) is 0 Å². The zero-order chi connectivity index (χ0) is 13.1. The Kier molecular flexibility index (Phi) is 3.60. The molecule has 1 heterocycles. The molecule has 1 aromatic heterocycles. The number of fused-ring (bicyclic) bond motifs is 1. The summed E-state index contributed by atoms with van der Waals surface area (Å²) in [5.41, 5.74) is 4.11. The van der Waals surface area contributed by atoms with Gasteiger partial charge in [0.15, 0.2) is 0 Å². The first-order chi connectivity index (χ1) is 8.61. The van der Waals surface area contributed by atoms with E-state index < -0.39 is 0 Å². The molecule has 0 bridgehead atoms. The predicted octanol–water partition coefficient (Wildman–Crippen LogP) is 1.57. The quantitative estimate of drug-likeness (QED) is 0.891. The fourth-order valence-corrected chi connectivity index (χ4v) is 1.80. The van der Waals surface area contributed by atoms with Gasteiger partial charge in [0.25, 0.3) is 0 Å². The second-order valence-corrected chi connectivity index (χ2v) is 4.52. The Balaban J connectivity index is 2.24. The summed E-state index contributed by atoms with van der Waals surface area (Å²) in [6.45, 7) is 7.03. The van der Waals surface area contributed by atoms with Crippen LogP contribution in [0.4, 0.5) is 0 Å². The molecule has 0 saturated carbocycles. The molecule has 1 amide bonds. The lowest BCUT2D eigenvalue weighted by Crippen LogP contribution is -2.28. The number of aryl methyl sites for hydroxylation is 2. The molecule has 2 aromatic rings. The van der Waals surface area contributed by atoms with Crippen LogP contribution in [0, 0.1) is 13.8 Å². The van der Waals surface area contributed by atoms with Gasteiger partial charge in [0.1, 0.15) is 12.1 Å². The van der Waals surface area contributed by atoms with Gasteiger partial charge in [-0.05, 0) is 43.5 Å². The van der Waals surface area contributed by atoms with Crippen molar-refractivity contribution in [1.82, 2.24) is 20.3 Å². The molecule has 2 rings (SSSR count). The average Bonchev–Trinajstić information content (AvgIpc) is 2.70. The standard InChI is InChI=1S/C13H18N4O/c1-4-5-14-13(18)8-17-12-7-10(3)9(2)6-11(12)15-16-17/h6-7H,4-5,8H2,1-3H3,(H,14,18). The van der Waals surface area contributed by atoms with Crippen molar-refractivity contribution in [3.8, 4) is 0 Å². The Morgan fingerprint density at radius 3 is 2.78 bits per heavy atom. The number of rotatable bonds is 4. The fraction of sp³-hybridized carbons (Fsp3) is 0.462. The van der Waals surface area contributed by atoms with E-state index >= 15 is 0 Å². The van der Waals surface area contributed by atoms with Gasteiger partial charge in [0, 0.05) is 6.54 Å². The van der Waals surface area contributed by atoms with Crippen molar-refractivity contribution in [2.45, 2.75) is 33.7 Å². The summed E-state index contributed by atoms with van der Waals surface area (Å²) in [6.07, 6.45) is 0.933. The van der Waals surface area contributed by atoms with E-state index in [1.54, 1.807) is 4.68 Å². The Morgan fingerprint density at radius 2 is 2.06 bits per heavy atom. The van der Waals surface area contributed by atoms with Crippen molar-refractivity contribution in [3.05, 3.63) is 23.3 Å². The van der Waals surface area contributed by atoms with Gasteiger partial charge in [-0.3, -0.25) is 4.79 Å². The van der Waals surface area contributed by atoms with E-state index in [1.165, 1.54) is 11.1 Å². The summed E-state index contributed by atoms with van der Waals surface area (Å²) in [6, 6.07) is 4.02. The third kappa shape index (κ3) is 2.50. The van der Waals surface area contributed by atoms with E-state index in [0.717, 1.165) is 17.5 Å². The molecular weight excluding hydrogens is 228 g/mol. The van der Waals surface area contributed by atoms with Crippen molar-refractivity contribution < 1.29 is 4.79 Å². The Bertz CT molecular complexity index is 574. The third-order valence-corrected chi connectivity index (χ3v) is 2.99. The van der Waals surface area contributed by atoms with Crippen LogP contribution >= 0.6 is 0 Å². The van der Waals surface area contributed by atoms with Gasteiger partial charge in [-0.2, -0.15) is 0 Å². The number of nitrogens with one attached hydrogen (secondary N) is 1. The number of carbonyl (C=O) groups is 1. The van der Waals surface area contributed by atoms with Crippen molar-refractivity contribution >= 4 is 16.9 Å². The molecule has 18 heavy (non-hydrogen) atoms. The molecule has 0 unspecified atom stereocenters. The predicted molar refractivity (Wildman–Crippen MR) is 70.3 cm³/mol. The van der Waals surface area contributed by atoms with Crippen molar-refractivity contribution in [3.63, 3.8) is 0 Å². The van der Waals surface area contributed by atoms with Crippen LogP contribution in [0.25, 0.3) is 11.0 Å². The molecule has 0 aliphatic rings. The zero-order valence-corrected chi connectivity index (χ0v) is 11.0. The normalized spacial score (nSPS) is 10.8. The molecule has 5 heteroatoms. The summed E-state index contributed by atoms with van der Waals surface area (Å²) < 4.78 is 1.65. The Morgan fingerprint density at radius 1 is 1.33 bits per heavy atom. The van der Waals surface area contributed by atoms with Crippen molar-refractivity contribution in [2.75, 3.05) is 6.54 Å². The Labute approximate surface area is 106 Å². The molecule has 0 atom stereocenters. The first kappa shape index (κ1) is 12.5. The number of amides is 1. The van der Waals surface area contributed by atoms with Crippen LogP contribution < -0.4 is 5.32 Å². The molecule has 0 saturated heterocycles. The van der Waals surface area contributed by atoms with Crippen LogP contribution in [-0.2, 0) is 11.3 Å². The first-order valence-electron chi connectivity index (χ1n) is 6.19. The van der Waals surface area contributed by atoms with E-state index in [9.17, 15) is 4.79 Å². The maximum absolute atomic E-state index is 11.7. The van der Waals surface area contributed by atoms with Crippen molar-refractivity contribution in [1.29, 1.82) is 0 Å². The summed E-state index contributed by atoms with van der Waals surface area (Å²) in [5, 5.41) is 11.0. The second-order valence-electron chi connectivity index (χ2n) is 4.52. The average molecular weight is 246 g/mol. The lowest BCUT2D eigenvalue weighted by Gasteiger charge is -2.05. The molecule has 1 N–H and O–H groups in total. The zero-order valence-electron chi connectivity index (χ0n) is 11.0. The highest BCUT2D eigenvalue weighted by Gasteiger charge is 2.09. The summed E-state index contributed by atoms with van der Waals surface area (Å²) >= 11 is 0. The van der Waals surface area contributed by atoms with Crippen LogP contribution in [0.5, 0.6) is 0 Å². The number of carbonyl (C=O) groups excluding carboxylic acids is 1. The highest BCUT2D eigenvalue weighted by molar-refractivity contribution is 5.80. The smallest absolute Gasteiger partial charge is 0.241 e. The molecule has 0 aliphatic heterocycles. The maximum Gasteiger partial charge on any atom is 0.241 e. The van der Waals surface area contributed by atoms with E-state index in [-0.39, 0.29) is 12.5 Å². The molecule has 96 valence electrons. The molecule has 1 aromatic carbocycles. The van der Waals surface area contributed by atoms with Crippen LogP contribution in [-0.4, -0.2) is 27.4 Å². The third-order valence-electron chi connectivity index (χ3n) is 2.99. The summed E-state index contributed by atoms with van der Waals surface area (Å²) in [4.78, 5) is 11.7. The van der Waals surface area contributed by atoms with Crippen LogP contribution in [0.15, 0.2) is 12.1 Å². The van der Waals surface area contributed by atoms with E-state index in [0.29, 0.717) is 6.54 Å². The number of aromatic nitrogens is 3. The van der Waals surface area contributed by atoms with Gasteiger partial charge < -0.3 is 5.32 Å². The van der Waals surface area contributed by atoms with Gasteiger partial charge in [0.05, 0.1) is 5.52 Å². The van der Waals surface area contributed by atoms with Crippen LogP contribution in [0.2, 0.25) is 0 Å². The second kappa shape index (κ2) is 5.16. The topological polar surface area (TPSA) is 59.8 Å². The lowest BCUT2D eigenvalue weighted by atomic mass is 10.1. The molecule has 0 radical (unpaired) electrons. The number of hydrogen-bond acceptors (Lipinski definition) is 3. The molecule has 0 fully saturated rings. The Hall–Kier alpha value is -1.91. The fourth-order valence-electron chi connectivity index (χ4n) is 1.80. The minimum atomic E-state index is -0.0260. The minimum Gasteiger partial charge on any atom is -0.355 e. The lowest BCUT2D eigenvalue weighted by molar-refractivity contribution is -0.121.